The van der Waals surface area contributed by atoms with Gasteiger partial charge in [-0.15, -0.1) is 0 Å². The fraction of sp³-hybridized carbons (Fsp3) is 0.400. The van der Waals surface area contributed by atoms with E-state index in [-0.39, 0.29) is 6.03 Å². The molecule has 146 valence electrons. The van der Waals surface area contributed by atoms with E-state index in [1.165, 1.54) is 0 Å². The lowest BCUT2D eigenvalue weighted by Crippen LogP contribution is -2.38. The molecule has 2 aliphatic heterocycles. The summed E-state index contributed by atoms with van der Waals surface area (Å²) in [5.41, 5.74) is 3.68. The summed E-state index contributed by atoms with van der Waals surface area (Å²) in [6.45, 7) is 6.31. The number of aliphatic imine (C=N–C) groups is 1. The van der Waals surface area contributed by atoms with Gasteiger partial charge in [-0.2, -0.15) is 0 Å². The van der Waals surface area contributed by atoms with Crippen LogP contribution in [0.4, 0.5) is 16.3 Å². The molecule has 8 heteroatoms. The molecule has 0 atom stereocenters. The molecular weight excluding hydrogens is 356 g/mol. The first-order chi connectivity index (χ1) is 13.7. The predicted octanol–water partition coefficient (Wildman–Crippen LogP) is 2.10. The normalized spacial score (nSPS) is 15.8. The molecule has 3 heterocycles. The first kappa shape index (κ1) is 18.4. The van der Waals surface area contributed by atoms with Gasteiger partial charge in [0.15, 0.2) is 5.82 Å². The molecular formula is C20H24N6O2. The molecule has 4 rings (SSSR count). The largest absolute Gasteiger partial charge is 0.378 e. The summed E-state index contributed by atoms with van der Waals surface area (Å²) in [6.07, 6.45) is 2.70. The van der Waals surface area contributed by atoms with Crippen LogP contribution in [0, 0.1) is 0 Å². The molecule has 1 aromatic heterocycles. The van der Waals surface area contributed by atoms with Crippen molar-refractivity contribution in [3.05, 3.63) is 35.5 Å². The van der Waals surface area contributed by atoms with E-state index in [1.54, 1.807) is 0 Å². The van der Waals surface area contributed by atoms with Gasteiger partial charge in [0.05, 0.1) is 18.9 Å². The van der Waals surface area contributed by atoms with Crippen molar-refractivity contribution < 1.29 is 9.53 Å². The van der Waals surface area contributed by atoms with Gasteiger partial charge in [0.2, 0.25) is 0 Å². The van der Waals surface area contributed by atoms with Crippen LogP contribution in [0.3, 0.4) is 0 Å². The summed E-state index contributed by atoms with van der Waals surface area (Å²) in [6, 6.07) is 7.34. The topological polar surface area (TPSA) is 91.7 Å². The minimum Gasteiger partial charge on any atom is -0.378 e. The molecule has 2 amide bonds. The lowest BCUT2D eigenvalue weighted by atomic mass is 10.1. The first-order valence-corrected chi connectivity index (χ1v) is 9.63. The third kappa shape index (κ3) is 3.96. The number of hydrogen-bond acceptors (Lipinski definition) is 6. The minimum absolute atomic E-state index is 0.217. The van der Waals surface area contributed by atoms with E-state index in [0.717, 1.165) is 54.4 Å². The third-order valence-corrected chi connectivity index (χ3v) is 4.77. The molecule has 2 N–H and O–H groups in total. The van der Waals surface area contributed by atoms with E-state index in [1.807, 2.05) is 37.4 Å². The average molecular weight is 380 g/mol. The highest BCUT2D eigenvalue weighted by Gasteiger charge is 2.22. The van der Waals surface area contributed by atoms with Crippen molar-refractivity contribution in [2.24, 2.45) is 4.99 Å². The Hall–Kier alpha value is -3.00. The molecule has 1 aromatic carbocycles. The number of morpholine rings is 1. The van der Waals surface area contributed by atoms with Crippen molar-refractivity contribution in [1.29, 1.82) is 0 Å². The van der Waals surface area contributed by atoms with Crippen LogP contribution < -0.4 is 15.5 Å². The Morgan fingerprint density at radius 2 is 1.96 bits per heavy atom. The third-order valence-electron chi connectivity index (χ3n) is 4.77. The van der Waals surface area contributed by atoms with Crippen LogP contribution in [0.15, 0.2) is 29.3 Å². The number of amides is 2. The van der Waals surface area contributed by atoms with Gasteiger partial charge < -0.3 is 20.3 Å². The second-order valence-corrected chi connectivity index (χ2v) is 6.68. The summed E-state index contributed by atoms with van der Waals surface area (Å²) in [5.74, 6) is 1.65. The molecule has 0 bridgehead atoms. The maximum Gasteiger partial charge on any atom is 0.319 e. The quantitative estimate of drug-likeness (QED) is 0.848. The van der Waals surface area contributed by atoms with Crippen molar-refractivity contribution in [1.82, 2.24) is 15.3 Å². The number of carbonyl (C=O) groups excluding carboxylic acids is 1. The van der Waals surface area contributed by atoms with Gasteiger partial charge in [0, 0.05) is 49.2 Å². The molecule has 2 aliphatic rings. The maximum absolute atomic E-state index is 11.7. The Kier molecular flexibility index (Phi) is 5.48. The van der Waals surface area contributed by atoms with Gasteiger partial charge in [0.25, 0.3) is 0 Å². The minimum atomic E-state index is -0.217. The van der Waals surface area contributed by atoms with E-state index < -0.39 is 0 Å². The maximum atomic E-state index is 11.7. The van der Waals surface area contributed by atoms with E-state index in [9.17, 15) is 4.79 Å². The number of anilines is 2. The smallest absolute Gasteiger partial charge is 0.319 e. The van der Waals surface area contributed by atoms with E-state index in [0.29, 0.717) is 25.6 Å². The Labute approximate surface area is 164 Å². The Morgan fingerprint density at radius 3 is 2.71 bits per heavy atom. The van der Waals surface area contributed by atoms with Crippen molar-refractivity contribution in [2.75, 3.05) is 49.6 Å². The van der Waals surface area contributed by atoms with E-state index in [4.69, 9.17) is 14.7 Å². The highest BCUT2D eigenvalue weighted by molar-refractivity contribution is 5.89. The highest BCUT2D eigenvalue weighted by Crippen LogP contribution is 2.28. The van der Waals surface area contributed by atoms with Crippen LogP contribution in [-0.4, -0.2) is 61.6 Å². The summed E-state index contributed by atoms with van der Waals surface area (Å²) in [7, 11) is 0. The summed E-state index contributed by atoms with van der Waals surface area (Å²) >= 11 is 0. The number of nitrogens with one attached hydrogen (secondary N) is 2. The number of fused-ring (bicyclic) bond motifs is 1. The highest BCUT2D eigenvalue weighted by atomic mass is 16.5. The Bertz CT molecular complexity index is 875. The van der Waals surface area contributed by atoms with E-state index >= 15 is 0 Å². The fourth-order valence-corrected chi connectivity index (χ4v) is 3.37. The number of urea groups is 1. The standard InChI is InChI=1S/C20H24N6O2/c1-2-22-20(27)23-15-5-3-14(4-6-15)18-24-17-13-21-8-7-16(17)19(25-18)26-9-11-28-12-10-26/h3-6,13H,2,7-12H2,1H3,(H2,22,23,27). The van der Waals surface area contributed by atoms with Gasteiger partial charge in [-0.1, -0.05) is 0 Å². The van der Waals surface area contributed by atoms with Crippen LogP contribution >= 0.6 is 0 Å². The monoisotopic (exact) mass is 380 g/mol. The second-order valence-electron chi connectivity index (χ2n) is 6.68. The Morgan fingerprint density at radius 1 is 1.18 bits per heavy atom. The van der Waals surface area contributed by atoms with Gasteiger partial charge >= 0.3 is 6.03 Å². The van der Waals surface area contributed by atoms with Gasteiger partial charge in [-0.05, 0) is 37.6 Å². The number of rotatable bonds is 4. The molecule has 0 spiro atoms. The van der Waals surface area contributed by atoms with Gasteiger partial charge in [-0.25, -0.2) is 14.8 Å². The lowest BCUT2D eigenvalue weighted by Gasteiger charge is -2.30. The molecule has 8 nitrogen and oxygen atoms in total. The number of benzene rings is 1. The van der Waals surface area contributed by atoms with Crippen molar-refractivity contribution in [2.45, 2.75) is 13.3 Å². The molecule has 2 aromatic rings. The Balaban J connectivity index is 1.64. The van der Waals surface area contributed by atoms with Crippen LogP contribution in [-0.2, 0) is 11.2 Å². The fourth-order valence-electron chi connectivity index (χ4n) is 3.37. The second kappa shape index (κ2) is 8.35. The zero-order valence-corrected chi connectivity index (χ0v) is 15.9. The van der Waals surface area contributed by atoms with Crippen LogP contribution in [0.25, 0.3) is 11.4 Å². The number of nitrogens with zero attached hydrogens (tertiary/aromatic N) is 4. The van der Waals surface area contributed by atoms with E-state index in [2.05, 4.69) is 20.5 Å². The first-order valence-electron chi connectivity index (χ1n) is 9.63. The van der Waals surface area contributed by atoms with Crippen molar-refractivity contribution in [3.8, 4) is 11.4 Å². The molecule has 1 fully saturated rings. The van der Waals surface area contributed by atoms with Gasteiger partial charge in [-0.3, -0.25) is 4.99 Å². The predicted molar refractivity (Wildman–Crippen MR) is 109 cm³/mol. The van der Waals surface area contributed by atoms with Crippen LogP contribution in [0.5, 0.6) is 0 Å². The van der Waals surface area contributed by atoms with Crippen molar-refractivity contribution in [3.63, 3.8) is 0 Å². The molecule has 0 radical (unpaired) electrons. The number of hydrogen-bond donors (Lipinski definition) is 2. The van der Waals surface area contributed by atoms with Crippen LogP contribution in [0.2, 0.25) is 0 Å². The number of aromatic nitrogens is 2. The molecule has 0 unspecified atom stereocenters. The van der Waals surface area contributed by atoms with Crippen molar-refractivity contribution >= 4 is 23.8 Å². The summed E-state index contributed by atoms with van der Waals surface area (Å²) < 4.78 is 5.49. The zero-order chi connectivity index (χ0) is 19.3. The average Bonchev–Trinajstić information content (AvgIpc) is 2.74. The molecule has 0 saturated carbocycles. The number of ether oxygens (including phenoxy) is 1. The van der Waals surface area contributed by atoms with Crippen LogP contribution in [0.1, 0.15) is 18.2 Å². The summed E-state index contributed by atoms with van der Waals surface area (Å²) in [5, 5.41) is 5.51. The summed E-state index contributed by atoms with van der Waals surface area (Å²) in [4.78, 5) is 28.0. The molecule has 0 aliphatic carbocycles. The molecule has 28 heavy (non-hydrogen) atoms. The number of carbonyl (C=O) groups is 1. The zero-order valence-electron chi connectivity index (χ0n) is 15.9. The van der Waals surface area contributed by atoms with Gasteiger partial charge in [0.1, 0.15) is 5.82 Å². The molecule has 1 saturated heterocycles. The SMILES string of the molecule is CCNC(=O)Nc1ccc(-c2nc3c(c(N4CCOCC4)n2)CCN=C3)cc1. The lowest BCUT2D eigenvalue weighted by molar-refractivity contribution is 0.122.